The van der Waals surface area contributed by atoms with E-state index in [0.29, 0.717) is 0 Å². The lowest BCUT2D eigenvalue weighted by molar-refractivity contribution is 0.587. The van der Waals surface area contributed by atoms with Crippen molar-refractivity contribution in [1.29, 1.82) is 0 Å². The molecule has 0 atom stereocenters. The van der Waals surface area contributed by atoms with Crippen molar-refractivity contribution in [3.8, 4) is 11.3 Å². The molecule has 7 nitrogen and oxygen atoms in total. The summed E-state index contributed by atoms with van der Waals surface area (Å²) in [5, 5.41) is 7.97. The third-order valence-electron chi connectivity index (χ3n) is 2.71. The predicted octanol–water partition coefficient (Wildman–Crippen LogP) is 0.533. The van der Waals surface area contributed by atoms with Crippen LogP contribution in [0.25, 0.3) is 16.8 Å². The highest BCUT2D eigenvalue weighted by Crippen LogP contribution is 2.21. The number of aromatic nitrogens is 5. The maximum absolute atomic E-state index is 11.5. The minimum atomic E-state index is -3.43. The molecule has 3 heterocycles. The summed E-state index contributed by atoms with van der Waals surface area (Å²) in [6, 6.07) is 3.68. The van der Waals surface area contributed by atoms with Crippen molar-refractivity contribution in [3.05, 3.63) is 30.7 Å². The van der Waals surface area contributed by atoms with Gasteiger partial charge in [-0.3, -0.25) is 4.68 Å². The summed E-state index contributed by atoms with van der Waals surface area (Å²) < 4.78 is 26.2. The number of sulfone groups is 1. The van der Waals surface area contributed by atoms with Crippen molar-refractivity contribution < 1.29 is 8.42 Å². The molecule has 3 aromatic heterocycles. The molecule has 0 aliphatic carbocycles. The summed E-state index contributed by atoms with van der Waals surface area (Å²) in [7, 11) is -1.61. The highest BCUT2D eigenvalue weighted by molar-refractivity contribution is 7.90. The minimum Gasteiger partial charge on any atom is -0.275 e. The predicted molar refractivity (Wildman–Crippen MR) is 68.3 cm³/mol. The van der Waals surface area contributed by atoms with E-state index >= 15 is 0 Å². The zero-order chi connectivity index (χ0) is 13.6. The summed E-state index contributed by atoms with van der Waals surface area (Å²) >= 11 is 0. The molecule has 0 radical (unpaired) electrons. The average molecular weight is 277 g/mol. The van der Waals surface area contributed by atoms with Crippen LogP contribution in [0.5, 0.6) is 0 Å². The first-order valence-corrected chi connectivity index (χ1v) is 7.38. The molecule has 19 heavy (non-hydrogen) atoms. The van der Waals surface area contributed by atoms with Gasteiger partial charge < -0.3 is 0 Å². The van der Waals surface area contributed by atoms with Crippen LogP contribution in [-0.2, 0) is 16.9 Å². The lowest BCUT2D eigenvalue weighted by Crippen LogP contribution is -2.07. The Kier molecular flexibility index (Phi) is 2.42. The molecule has 0 spiro atoms. The molecule has 8 heteroatoms. The number of rotatable bonds is 2. The van der Waals surface area contributed by atoms with Crippen LogP contribution < -0.4 is 0 Å². The van der Waals surface area contributed by atoms with E-state index in [2.05, 4.69) is 15.2 Å². The molecule has 3 aromatic rings. The third kappa shape index (κ3) is 1.99. The number of fused-ring (bicyclic) bond motifs is 1. The van der Waals surface area contributed by atoms with Crippen LogP contribution in [-0.4, -0.2) is 39.1 Å². The highest BCUT2D eigenvalue weighted by atomic mass is 32.2. The zero-order valence-corrected chi connectivity index (χ0v) is 11.2. The van der Waals surface area contributed by atoms with Gasteiger partial charge in [-0.05, 0) is 12.1 Å². The largest absolute Gasteiger partial charge is 0.275 e. The average Bonchev–Trinajstić information content (AvgIpc) is 2.92. The van der Waals surface area contributed by atoms with E-state index in [9.17, 15) is 8.42 Å². The fraction of sp³-hybridized carbons (Fsp3) is 0.182. The van der Waals surface area contributed by atoms with Crippen molar-refractivity contribution in [2.75, 3.05) is 6.26 Å². The van der Waals surface area contributed by atoms with Gasteiger partial charge in [-0.25, -0.2) is 17.9 Å². The van der Waals surface area contributed by atoms with Gasteiger partial charge in [-0.15, -0.1) is 5.10 Å². The van der Waals surface area contributed by atoms with Gasteiger partial charge in [-0.2, -0.15) is 5.10 Å². The molecular formula is C11H11N5O2S. The Morgan fingerprint density at radius 3 is 2.63 bits per heavy atom. The fourth-order valence-electron chi connectivity index (χ4n) is 1.83. The third-order valence-corrected chi connectivity index (χ3v) is 3.56. The number of aryl methyl sites for hydroxylation is 1. The van der Waals surface area contributed by atoms with Gasteiger partial charge in [0.1, 0.15) is 0 Å². The Labute approximate surface area is 109 Å². The fourth-order valence-corrected chi connectivity index (χ4v) is 2.30. The van der Waals surface area contributed by atoms with Crippen LogP contribution in [0.3, 0.4) is 0 Å². The molecule has 0 aliphatic heterocycles. The second-order valence-electron chi connectivity index (χ2n) is 4.27. The van der Waals surface area contributed by atoms with E-state index in [4.69, 9.17) is 0 Å². The summed E-state index contributed by atoms with van der Waals surface area (Å²) in [6.07, 6.45) is 6.11. The smallest absolute Gasteiger partial charge is 0.265 e. The first-order valence-electron chi connectivity index (χ1n) is 5.49. The molecule has 0 saturated heterocycles. The van der Waals surface area contributed by atoms with Gasteiger partial charge in [0.2, 0.25) is 9.84 Å². The summed E-state index contributed by atoms with van der Waals surface area (Å²) in [5.74, 6) is 0. The molecule has 98 valence electrons. The Morgan fingerprint density at radius 1 is 1.21 bits per heavy atom. The maximum Gasteiger partial charge on any atom is 0.265 e. The van der Waals surface area contributed by atoms with Crippen LogP contribution in [0, 0.1) is 0 Å². The van der Waals surface area contributed by atoms with E-state index in [0.717, 1.165) is 23.0 Å². The second kappa shape index (κ2) is 3.89. The number of hydrogen-bond donors (Lipinski definition) is 0. The SMILES string of the molecule is Cn1cc(-c2ccc3cnc(S(C)(=O)=O)nn23)cn1. The summed E-state index contributed by atoms with van der Waals surface area (Å²) in [4.78, 5) is 3.85. The molecule has 0 N–H and O–H groups in total. The maximum atomic E-state index is 11.5. The monoisotopic (exact) mass is 277 g/mol. The van der Waals surface area contributed by atoms with Crippen LogP contribution >= 0.6 is 0 Å². The molecule has 0 aromatic carbocycles. The Balaban J connectivity index is 2.27. The van der Waals surface area contributed by atoms with Crippen LogP contribution in [0.2, 0.25) is 0 Å². The Morgan fingerprint density at radius 2 is 2.00 bits per heavy atom. The highest BCUT2D eigenvalue weighted by Gasteiger charge is 2.14. The van der Waals surface area contributed by atoms with Gasteiger partial charge in [0.05, 0.1) is 23.6 Å². The topological polar surface area (TPSA) is 82.1 Å². The quantitative estimate of drug-likeness (QED) is 0.682. The molecule has 0 amide bonds. The van der Waals surface area contributed by atoms with E-state index in [1.165, 1.54) is 6.20 Å². The van der Waals surface area contributed by atoms with Gasteiger partial charge >= 0.3 is 0 Å². The number of nitrogens with zero attached hydrogens (tertiary/aromatic N) is 5. The second-order valence-corrected chi connectivity index (χ2v) is 6.18. The molecule has 0 bridgehead atoms. The zero-order valence-electron chi connectivity index (χ0n) is 10.3. The van der Waals surface area contributed by atoms with Crippen molar-refractivity contribution in [3.63, 3.8) is 0 Å². The summed E-state index contributed by atoms with van der Waals surface area (Å²) in [6.45, 7) is 0. The van der Waals surface area contributed by atoms with Crippen molar-refractivity contribution in [1.82, 2.24) is 24.4 Å². The number of hydrogen-bond acceptors (Lipinski definition) is 5. The van der Waals surface area contributed by atoms with Gasteiger partial charge in [0, 0.05) is 25.1 Å². The molecular weight excluding hydrogens is 266 g/mol. The summed E-state index contributed by atoms with van der Waals surface area (Å²) in [5.41, 5.74) is 2.36. The van der Waals surface area contributed by atoms with Crippen molar-refractivity contribution in [2.24, 2.45) is 7.05 Å². The first kappa shape index (κ1) is 11.8. The van der Waals surface area contributed by atoms with Crippen LogP contribution in [0.4, 0.5) is 0 Å². The lowest BCUT2D eigenvalue weighted by Gasteiger charge is -2.01. The van der Waals surface area contributed by atoms with Crippen molar-refractivity contribution >= 4 is 15.4 Å². The Hall–Kier alpha value is -2.22. The first-order chi connectivity index (χ1) is 8.95. The standard InChI is InChI=1S/C11H11N5O2S/c1-15-7-8(5-13-15)10-4-3-9-6-12-11(14-16(9)10)19(2,17)18/h3-7H,1-2H3. The molecule has 0 fully saturated rings. The van der Waals surface area contributed by atoms with Crippen LogP contribution in [0.1, 0.15) is 0 Å². The molecule has 0 saturated carbocycles. The van der Waals surface area contributed by atoms with E-state index in [1.54, 1.807) is 15.4 Å². The lowest BCUT2D eigenvalue weighted by atomic mass is 10.3. The minimum absolute atomic E-state index is 0.193. The van der Waals surface area contributed by atoms with Gasteiger partial charge in [0.15, 0.2) is 0 Å². The van der Waals surface area contributed by atoms with E-state index in [-0.39, 0.29) is 5.16 Å². The molecule has 0 unspecified atom stereocenters. The van der Waals surface area contributed by atoms with Crippen molar-refractivity contribution in [2.45, 2.75) is 5.16 Å². The van der Waals surface area contributed by atoms with Gasteiger partial charge in [-0.1, -0.05) is 0 Å². The molecule has 3 rings (SSSR count). The van der Waals surface area contributed by atoms with Gasteiger partial charge in [0.25, 0.3) is 5.16 Å². The van der Waals surface area contributed by atoms with Crippen LogP contribution in [0.15, 0.2) is 35.9 Å². The Bertz CT molecular complexity index is 862. The van der Waals surface area contributed by atoms with E-state index in [1.807, 2.05) is 25.4 Å². The van der Waals surface area contributed by atoms with E-state index < -0.39 is 9.84 Å². The normalized spacial score (nSPS) is 12.1. The molecule has 0 aliphatic rings.